The monoisotopic (exact) mass is 280 g/mol. The van der Waals surface area contributed by atoms with E-state index < -0.39 is 0 Å². The van der Waals surface area contributed by atoms with Gasteiger partial charge in [0.1, 0.15) is 5.82 Å². The van der Waals surface area contributed by atoms with E-state index in [-0.39, 0.29) is 5.91 Å². The Labute approximate surface area is 123 Å². The quantitative estimate of drug-likeness (QED) is 0.934. The van der Waals surface area contributed by atoms with E-state index in [0.717, 1.165) is 12.2 Å². The fourth-order valence-corrected chi connectivity index (χ4v) is 1.91. The van der Waals surface area contributed by atoms with Crippen molar-refractivity contribution in [1.82, 2.24) is 4.98 Å². The Bertz CT molecular complexity index is 673. The van der Waals surface area contributed by atoms with E-state index in [4.69, 9.17) is 5.26 Å². The van der Waals surface area contributed by atoms with Crippen molar-refractivity contribution in [2.75, 3.05) is 23.8 Å². The predicted molar refractivity (Wildman–Crippen MR) is 82.3 cm³/mol. The molecule has 0 aliphatic heterocycles. The molecule has 106 valence electrons. The highest BCUT2D eigenvalue weighted by Gasteiger charge is 2.14. The van der Waals surface area contributed by atoms with Crippen molar-refractivity contribution in [2.45, 2.75) is 6.92 Å². The number of aromatic nitrogens is 1. The number of rotatable bonds is 4. The molecule has 0 saturated heterocycles. The average Bonchev–Trinajstić information content (AvgIpc) is 2.54. The highest BCUT2D eigenvalue weighted by atomic mass is 16.2. The fourth-order valence-electron chi connectivity index (χ4n) is 1.91. The zero-order valence-electron chi connectivity index (χ0n) is 12.0. The number of benzene rings is 1. The lowest BCUT2D eigenvalue weighted by Crippen LogP contribution is -2.26. The number of nitrogens with zero attached hydrogens (tertiary/aromatic N) is 3. The summed E-state index contributed by atoms with van der Waals surface area (Å²) in [5.41, 5.74) is 1.87. The van der Waals surface area contributed by atoms with E-state index in [1.54, 1.807) is 54.5 Å². The predicted octanol–water partition coefficient (Wildman–Crippen LogP) is 2.66. The van der Waals surface area contributed by atoms with Crippen molar-refractivity contribution < 1.29 is 4.79 Å². The Morgan fingerprint density at radius 3 is 2.67 bits per heavy atom. The van der Waals surface area contributed by atoms with Crippen LogP contribution in [0, 0.1) is 11.3 Å². The minimum Gasteiger partial charge on any atom is -0.370 e. The summed E-state index contributed by atoms with van der Waals surface area (Å²) in [7, 11) is 1.71. The first-order chi connectivity index (χ1) is 10.2. The maximum absolute atomic E-state index is 12.5. The van der Waals surface area contributed by atoms with Crippen molar-refractivity contribution >= 4 is 17.4 Å². The van der Waals surface area contributed by atoms with E-state index in [9.17, 15) is 4.79 Å². The van der Waals surface area contributed by atoms with E-state index in [0.29, 0.717) is 16.9 Å². The smallest absolute Gasteiger partial charge is 0.258 e. The molecular formula is C16H16N4O. The van der Waals surface area contributed by atoms with Crippen LogP contribution in [0.25, 0.3) is 0 Å². The first-order valence-corrected chi connectivity index (χ1v) is 6.64. The molecule has 1 heterocycles. The summed E-state index contributed by atoms with van der Waals surface area (Å²) in [6.07, 6.45) is 1.61. The maximum Gasteiger partial charge on any atom is 0.258 e. The standard InChI is InChI=1S/C16H16N4O/c1-3-18-15-10-13(8-9-19-15)16(21)20(2)14-6-4-12(11-17)5-7-14/h4-10H,3H2,1-2H3,(H,18,19). The van der Waals surface area contributed by atoms with Gasteiger partial charge in [0.25, 0.3) is 5.91 Å². The van der Waals surface area contributed by atoms with Gasteiger partial charge in [-0.2, -0.15) is 5.26 Å². The largest absolute Gasteiger partial charge is 0.370 e. The van der Waals surface area contributed by atoms with E-state index >= 15 is 0 Å². The second-order valence-corrected chi connectivity index (χ2v) is 4.48. The Kier molecular flexibility index (Phi) is 4.52. The third kappa shape index (κ3) is 3.37. The van der Waals surface area contributed by atoms with Gasteiger partial charge in [0.2, 0.25) is 0 Å². The second-order valence-electron chi connectivity index (χ2n) is 4.48. The van der Waals surface area contributed by atoms with Gasteiger partial charge >= 0.3 is 0 Å². The Hall–Kier alpha value is -2.87. The number of pyridine rings is 1. The van der Waals surface area contributed by atoms with Crippen LogP contribution in [-0.4, -0.2) is 24.5 Å². The zero-order valence-corrected chi connectivity index (χ0v) is 12.0. The number of nitriles is 1. The van der Waals surface area contributed by atoms with Gasteiger partial charge in [-0.05, 0) is 43.3 Å². The van der Waals surface area contributed by atoms with Crippen molar-refractivity contribution in [3.05, 3.63) is 53.7 Å². The number of carbonyl (C=O) groups is 1. The van der Waals surface area contributed by atoms with Gasteiger partial charge in [-0.3, -0.25) is 4.79 Å². The van der Waals surface area contributed by atoms with Crippen LogP contribution in [0.5, 0.6) is 0 Å². The molecule has 0 saturated carbocycles. The minimum atomic E-state index is -0.124. The molecule has 2 rings (SSSR count). The molecule has 0 aliphatic carbocycles. The lowest BCUT2D eigenvalue weighted by Gasteiger charge is -2.17. The topological polar surface area (TPSA) is 69.0 Å². The molecule has 21 heavy (non-hydrogen) atoms. The zero-order chi connectivity index (χ0) is 15.2. The second kappa shape index (κ2) is 6.53. The number of hydrogen-bond donors (Lipinski definition) is 1. The van der Waals surface area contributed by atoms with Crippen molar-refractivity contribution in [3.63, 3.8) is 0 Å². The number of anilines is 2. The molecule has 5 nitrogen and oxygen atoms in total. The summed E-state index contributed by atoms with van der Waals surface area (Å²) < 4.78 is 0. The summed E-state index contributed by atoms with van der Waals surface area (Å²) in [6.45, 7) is 2.72. The van der Waals surface area contributed by atoms with Crippen molar-refractivity contribution in [2.24, 2.45) is 0 Å². The first-order valence-electron chi connectivity index (χ1n) is 6.64. The minimum absolute atomic E-state index is 0.124. The highest BCUT2D eigenvalue weighted by molar-refractivity contribution is 6.06. The van der Waals surface area contributed by atoms with Crippen molar-refractivity contribution in [3.8, 4) is 6.07 Å². The van der Waals surface area contributed by atoms with Crippen LogP contribution in [0.4, 0.5) is 11.5 Å². The van der Waals surface area contributed by atoms with Crippen LogP contribution < -0.4 is 10.2 Å². The SMILES string of the molecule is CCNc1cc(C(=O)N(C)c2ccc(C#N)cc2)ccn1. The van der Waals surface area contributed by atoms with Gasteiger partial charge in [-0.15, -0.1) is 0 Å². The Morgan fingerprint density at radius 2 is 2.05 bits per heavy atom. The van der Waals surface area contributed by atoms with Crippen LogP contribution in [0.3, 0.4) is 0 Å². The molecule has 0 atom stereocenters. The molecule has 0 radical (unpaired) electrons. The fraction of sp³-hybridized carbons (Fsp3) is 0.188. The van der Waals surface area contributed by atoms with Crippen LogP contribution in [0.2, 0.25) is 0 Å². The molecule has 1 aromatic carbocycles. The molecule has 0 bridgehead atoms. The molecule has 1 amide bonds. The van der Waals surface area contributed by atoms with Crippen LogP contribution in [0.1, 0.15) is 22.8 Å². The lowest BCUT2D eigenvalue weighted by atomic mass is 10.2. The van der Waals surface area contributed by atoms with E-state index in [1.807, 2.05) is 6.92 Å². The normalized spacial score (nSPS) is 9.76. The molecular weight excluding hydrogens is 264 g/mol. The summed E-state index contributed by atoms with van der Waals surface area (Å²) in [5.74, 6) is 0.554. The molecule has 0 aliphatic rings. The van der Waals surface area contributed by atoms with E-state index in [2.05, 4.69) is 16.4 Å². The Morgan fingerprint density at radius 1 is 1.33 bits per heavy atom. The molecule has 5 heteroatoms. The third-order valence-corrected chi connectivity index (χ3v) is 3.05. The number of amides is 1. The highest BCUT2D eigenvalue weighted by Crippen LogP contribution is 2.17. The number of nitrogens with one attached hydrogen (secondary N) is 1. The third-order valence-electron chi connectivity index (χ3n) is 3.05. The first kappa shape index (κ1) is 14.5. The van der Waals surface area contributed by atoms with Gasteiger partial charge in [0, 0.05) is 31.0 Å². The maximum atomic E-state index is 12.5. The summed E-state index contributed by atoms with van der Waals surface area (Å²) >= 11 is 0. The molecule has 0 spiro atoms. The van der Waals surface area contributed by atoms with Gasteiger partial charge in [0.15, 0.2) is 0 Å². The van der Waals surface area contributed by atoms with Crippen LogP contribution in [-0.2, 0) is 0 Å². The van der Waals surface area contributed by atoms with Crippen molar-refractivity contribution in [1.29, 1.82) is 5.26 Å². The summed E-state index contributed by atoms with van der Waals surface area (Å²) in [6, 6.07) is 12.4. The van der Waals surface area contributed by atoms with Crippen LogP contribution in [0.15, 0.2) is 42.6 Å². The molecule has 0 fully saturated rings. The van der Waals surface area contributed by atoms with Crippen LogP contribution >= 0.6 is 0 Å². The molecule has 1 N–H and O–H groups in total. The Balaban J connectivity index is 2.22. The summed E-state index contributed by atoms with van der Waals surface area (Å²) in [4.78, 5) is 18.2. The van der Waals surface area contributed by atoms with Gasteiger partial charge in [0.05, 0.1) is 11.6 Å². The van der Waals surface area contributed by atoms with Gasteiger partial charge in [-0.1, -0.05) is 0 Å². The van der Waals surface area contributed by atoms with E-state index in [1.165, 1.54) is 0 Å². The molecule has 1 aromatic heterocycles. The number of carbonyl (C=O) groups excluding carboxylic acids is 1. The molecule has 2 aromatic rings. The van der Waals surface area contributed by atoms with Gasteiger partial charge < -0.3 is 10.2 Å². The summed E-state index contributed by atoms with van der Waals surface area (Å²) in [5, 5.41) is 11.9. The average molecular weight is 280 g/mol. The van der Waals surface area contributed by atoms with Gasteiger partial charge in [-0.25, -0.2) is 4.98 Å². The number of hydrogen-bond acceptors (Lipinski definition) is 4. The lowest BCUT2D eigenvalue weighted by molar-refractivity contribution is 0.0993. The molecule has 0 unspecified atom stereocenters.